The number of carbonyl (C=O) groups excluding carboxylic acids is 1. The second kappa shape index (κ2) is 7.11. The van der Waals surface area contributed by atoms with Crippen LogP contribution >= 0.6 is 0 Å². The molecule has 1 N–H and O–H groups in total. The van der Waals surface area contributed by atoms with Gasteiger partial charge in [-0.1, -0.05) is 12.1 Å². The average molecular weight is 366 g/mol. The van der Waals surface area contributed by atoms with Gasteiger partial charge in [0.05, 0.1) is 13.3 Å². The molecule has 0 unspecified atom stereocenters. The number of hydrogen-bond acceptors (Lipinski definition) is 3. The lowest BCUT2D eigenvalue weighted by Crippen LogP contribution is -2.31. The highest BCUT2D eigenvalue weighted by atomic mass is 19.1. The maximum atomic E-state index is 14.5. The molecule has 0 aliphatic carbocycles. The fraction of sp³-hybridized carbons (Fsp3) is 0.200. The quantitative estimate of drug-likeness (QED) is 0.749. The van der Waals surface area contributed by atoms with Crippen molar-refractivity contribution in [3.8, 4) is 16.9 Å². The first kappa shape index (κ1) is 17.1. The van der Waals surface area contributed by atoms with Crippen molar-refractivity contribution >= 4 is 11.7 Å². The molecule has 2 aromatic carbocycles. The summed E-state index contributed by atoms with van der Waals surface area (Å²) < 4.78 is 19.7. The van der Waals surface area contributed by atoms with E-state index in [0.29, 0.717) is 36.4 Å². The summed E-state index contributed by atoms with van der Waals surface area (Å²) in [6.45, 7) is 1.59. The van der Waals surface area contributed by atoms with E-state index in [2.05, 4.69) is 10.2 Å². The number of hydrogen-bond donors (Lipinski definition) is 1. The lowest BCUT2D eigenvalue weighted by atomic mass is 10.1. The lowest BCUT2D eigenvalue weighted by molar-refractivity contribution is 0.218. The number of urea groups is 1. The molecule has 0 bridgehead atoms. The zero-order valence-electron chi connectivity index (χ0n) is 14.9. The lowest BCUT2D eigenvalue weighted by Gasteiger charge is -2.19. The largest absolute Gasteiger partial charge is 0.497 e. The van der Waals surface area contributed by atoms with Gasteiger partial charge in [-0.05, 0) is 35.9 Å². The maximum absolute atomic E-state index is 14.5. The number of carbonyl (C=O) groups is 1. The first-order valence-electron chi connectivity index (χ1n) is 8.64. The van der Waals surface area contributed by atoms with E-state index in [0.717, 1.165) is 11.3 Å². The van der Waals surface area contributed by atoms with Gasteiger partial charge in [0.2, 0.25) is 0 Å². The number of amides is 2. The van der Waals surface area contributed by atoms with E-state index in [9.17, 15) is 9.18 Å². The van der Waals surface area contributed by atoms with Gasteiger partial charge in [-0.3, -0.25) is 10.00 Å². The van der Waals surface area contributed by atoms with Gasteiger partial charge in [-0.25, -0.2) is 9.18 Å². The molecule has 2 amide bonds. The molecule has 1 aromatic heterocycles. The van der Waals surface area contributed by atoms with Crippen LogP contribution in [0.4, 0.5) is 14.9 Å². The van der Waals surface area contributed by atoms with Crippen molar-refractivity contribution < 1.29 is 13.9 Å². The van der Waals surface area contributed by atoms with E-state index in [1.807, 2.05) is 24.3 Å². The van der Waals surface area contributed by atoms with Crippen LogP contribution < -0.4 is 9.64 Å². The van der Waals surface area contributed by atoms with Crippen LogP contribution in [0.25, 0.3) is 11.1 Å². The van der Waals surface area contributed by atoms with Crippen LogP contribution in [0.1, 0.15) is 5.56 Å². The Balaban J connectivity index is 1.51. The van der Waals surface area contributed by atoms with E-state index < -0.39 is 0 Å². The van der Waals surface area contributed by atoms with Crippen molar-refractivity contribution in [3.63, 3.8) is 0 Å². The molecule has 2 heterocycles. The summed E-state index contributed by atoms with van der Waals surface area (Å²) >= 11 is 0. The molecule has 138 valence electrons. The molecular formula is C20H19FN4O2. The summed E-state index contributed by atoms with van der Waals surface area (Å²) in [5.74, 6) is 0.376. The average Bonchev–Trinajstić information content (AvgIpc) is 3.33. The predicted octanol–water partition coefficient (Wildman–Crippen LogP) is 3.67. The molecule has 0 spiro atoms. The topological polar surface area (TPSA) is 61.5 Å². The van der Waals surface area contributed by atoms with Gasteiger partial charge in [0.1, 0.15) is 11.6 Å². The Morgan fingerprint density at radius 3 is 2.85 bits per heavy atom. The number of nitrogens with zero attached hydrogens (tertiary/aromatic N) is 3. The molecule has 0 atom stereocenters. The smallest absolute Gasteiger partial charge is 0.324 e. The van der Waals surface area contributed by atoms with Gasteiger partial charge >= 0.3 is 6.03 Å². The maximum Gasteiger partial charge on any atom is 0.324 e. The van der Waals surface area contributed by atoms with E-state index in [-0.39, 0.29) is 11.8 Å². The highest BCUT2D eigenvalue weighted by Gasteiger charge is 2.30. The first-order chi connectivity index (χ1) is 13.2. The minimum atomic E-state index is -0.382. The third-order valence-electron chi connectivity index (χ3n) is 4.68. The van der Waals surface area contributed by atoms with E-state index in [4.69, 9.17) is 4.74 Å². The number of aromatic nitrogens is 2. The van der Waals surface area contributed by atoms with Gasteiger partial charge < -0.3 is 9.64 Å². The summed E-state index contributed by atoms with van der Waals surface area (Å²) in [5, 5.41) is 6.51. The van der Waals surface area contributed by atoms with Crippen molar-refractivity contribution in [1.82, 2.24) is 15.1 Å². The van der Waals surface area contributed by atoms with Crippen LogP contribution in [0.15, 0.2) is 54.9 Å². The normalized spacial score (nSPS) is 14.1. The summed E-state index contributed by atoms with van der Waals surface area (Å²) in [6, 6.07) is 12.3. The number of rotatable bonds is 5. The Hall–Kier alpha value is -3.35. The Morgan fingerprint density at radius 2 is 2.11 bits per heavy atom. The number of benzene rings is 2. The van der Waals surface area contributed by atoms with Crippen molar-refractivity contribution in [3.05, 3.63) is 66.2 Å². The summed E-state index contributed by atoms with van der Waals surface area (Å²) in [6.07, 6.45) is 3.20. The third kappa shape index (κ3) is 3.36. The second-order valence-electron chi connectivity index (χ2n) is 6.36. The number of H-pyrrole nitrogens is 1. The predicted molar refractivity (Wildman–Crippen MR) is 100 cm³/mol. The van der Waals surface area contributed by atoms with Crippen molar-refractivity contribution in [1.29, 1.82) is 0 Å². The Kier molecular flexibility index (Phi) is 4.50. The molecule has 27 heavy (non-hydrogen) atoms. The Labute approximate surface area is 156 Å². The minimum Gasteiger partial charge on any atom is -0.497 e. The fourth-order valence-corrected chi connectivity index (χ4v) is 3.26. The molecule has 1 saturated heterocycles. The van der Waals surface area contributed by atoms with Crippen LogP contribution in [0.5, 0.6) is 5.75 Å². The van der Waals surface area contributed by atoms with Crippen molar-refractivity contribution in [2.45, 2.75) is 6.54 Å². The van der Waals surface area contributed by atoms with Crippen molar-refractivity contribution in [2.75, 3.05) is 25.1 Å². The monoisotopic (exact) mass is 366 g/mol. The zero-order valence-corrected chi connectivity index (χ0v) is 14.9. The van der Waals surface area contributed by atoms with Crippen LogP contribution in [0, 0.1) is 5.82 Å². The first-order valence-corrected chi connectivity index (χ1v) is 8.64. The fourth-order valence-electron chi connectivity index (χ4n) is 3.26. The Bertz CT molecular complexity index is 958. The van der Waals surface area contributed by atoms with Gasteiger partial charge in [-0.15, -0.1) is 0 Å². The highest BCUT2D eigenvalue weighted by molar-refractivity contribution is 5.94. The summed E-state index contributed by atoms with van der Waals surface area (Å²) in [7, 11) is 1.61. The van der Waals surface area contributed by atoms with Crippen LogP contribution in [0.3, 0.4) is 0 Å². The van der Waals surface area contributed by atoms with Crippen LogP contribution in [-0.2, 0) is 6.54 Å². The van der Waals surface area contributed by atoms with E-state index >= 15 is 0 Å². The SMILES string of the molecule is COc1cccc(CN2CCN(c3ccc(-c4cn[nH]c4)c(F)c3)C2=O)c1. The Morgan fingerprint density at radius 1 is 1.22 bits per heavy atom. The number of halogens is 1. The highest BCUT2D eigenvalue weighted by Crippen LogP contribution is 2.28. The molecule has 0 radical (unpaired) electrons. The zero-order chi connectivity index (χ0) is 18.8. The summed E-state index contributed by atoms with van der Waals surface area (Å²) in [5.41, 5.74) is 2.67. The number of aromatic amines is 1. The molecule has 1 aliphatic heterocycles. The van der Waals surface area contributed by atoms with Gasteiger partial charge in [0.15, 0.2) is 0 Å². The van der Waals surface area contributed by atoms with Crippen LogP contribution in [0.2, 0.25) is 0 Å². The molecular weight excluding hydrogens is 347 g/mol. The number of ether oxygens (including phenoxy) is 1. The number of anilines is 1. The minimum absolute atomic E-state index is 0.131. The number of methoxy groups -OCH3 is 1. The third-order valence-corrected chi connectivity index (χ3v) is 4.68. The second-order valence-corrected chi connectivity index (χ2v) is 6.36. The van der Waals surface area contributed by atoms with Crippen molar-refractivity contribution in [2.24, 2.45) is 0 Å². The summed E-state index contributed by atoms with van der Waals surface area (Å²) in [4.78, 5) is 16.1. The van der Waals surface area contributed by atoms with Gasteiger partial charge in [0.25, 0.3) is 0 Å². The van der Waals surface area contributed by atoms with Gasteiger partial charge in [-0.2, -0.15) is 5.10 Å². The van der Waals surface area contributed by atoms with Crippen LogP contribution in [-0.4, -0.2) is 41.3 Å². The van der Waals surface area contributed by atoms with E-state index in [1.165, 1.54) is 6.07 Å². The standard InChI is InChI=1S/C20H19FN4O2/c1-27-17-4-2-3-14(9-17)13-24-7-8-25(20(24)26)16-5-6-18(19(21)10-16)15-11-22-23-12-15/h2-6,9-12H,7-8,13H2,1H3,(H,22,23). The van der Waals surface area contributed by atoms with Gasteiger partial charge in [0, 0.05) is 42.6 Å². The molecule has 6 nitrogen and oxygen atoms in total. The molecule has 1 aliphatic rings. The van der Waals surface area contributed by atoms with E-state index in [1.54, 1.807) is 41.4 Å². The molecule has 4 rings (SSSR count). The number of nitrogens with one attached hydrogen (secondary N) is 1. The molecule has 3 aromatic rings. The molecule has 1 fully saturated rings. The molecule has 0 saturated carbocycles. The molecule has 7 heteroatoms.